The predicted molar refractivity (Wildman–Crippen MR) is 122 cm³/mol. The number of carbonyl (C=O) groups excluding carboxylic acids is 1. The Labute approximate surface area is 192 Å². The van der Waals surface area contributed by atoms with Gasteiger partial charge in [-0.3, -0.25) is 18.9 Å². The summed E-state index contributed by atoms with van der Waals surface area (Å²) in [5.41, 5.74) is 15.1. The number of pyridine rings is 1. The Hall–Kier alpha value is -3.26. The number of oxime groups is 1. The molecular weight excluding hydrogens is 508 g/mol. The normalized spacial score (nSPS) is 13.0. The Balaban J connectivity index is 2.56. The molecule has 14 heteroatoms. The highest BCUT2D eigenvalue weighted by atomic mass is 79.9. The van der Waals surface area contributed by atoms with Crippen molar-refractivity contribution in [2.75, 3.05) is 11.8 Å². The van der Waals surface area contributed by atoms with E-state index in [0.717, 1.165) is 4.57 Å². The van der Waals surface area contributed by atoms with Crippen LogP contribution in [0, 0.1) is 6.92 Å². The third-order valence-corrected chi connectivity index (χ3v) is 6.20. The minimum Gasteiger partial charge on any atom is -0.495 e. The standard InChI is InChI=1S/C18H23BrN6O6S/c1-9-4-6-12(24-32(28,29)14-8-11(19)5-7-13(14)30-3)17(27)25(9)15(16(20)26)10(2)31-23-18(21)22/h4-8,10,15,24H,1-3H3,(H2,20,26)(H4,21,22,23). The third-order valence-electron chi connectivity index (χ3n) is 4.32. The Morgan fingerprint density at radius 1 is 1.22 bits per heavy atom. The number of hydrogen-bond donors (Lipinski definition) is 4. The molecule has 7 N–H and O–H groups in total. The minimum atomic E-state index is -4.24. The van der Waals surface area contributed by atoms with Crippen LogP contribution in [0.2, 0.25) is 0 Å². The maximum Gasteiger partial charge on any atom is 0.275 e. The number of nitrogens with zero attached hydrogens (tertiary/aromatic N) is 2. The summed E-state index contributed by atoms with van der Waals surface area (Å²) in [6, 6.07) is 5.77. The Morgan fingerprint density at radius 2 is 1.88 bits per heavy atom. The molecule has 0 aliphatic carbocycles. The summed E-state index contributed by atoms with van der Waals surface area (Å²) in [5, 5.41) is 3.38. The molecule has 0 radical (unpaired) electrons. The number of aromatic nitrogens is 1. The molecule has 32 heavy (non-hydrogen) atoms. The van der Waals surface area contributed by atoms with E-state index in [4.69, 9.17) is 26.8 Å². The highest BCUT2D eigenvalue weighted by Crippen LogP contribution is 2.28. The molecule has 2 aromatic rings. The fourth-order valence-corrected chi connectivity index (χ4v) is 4.67. The van der Waals surface area contributed by atoms with E-state index >= 15 is 0 Å². The highest BCUT2D eigenvalue weighted by Gasteiger charge is 2.30. The number of carbonyl (C=O) groups is 1. The van der Waals surface area contributed by atoms with Gasteiger partial charge in [0, 0.05) is 10.2 Å². The SMILES string of the molecule is COc1ccc(Br)cc1S(=O)(=O)Nc1ccc(C)n(C(C(N)=O)C(C)ON=C(N)N)c1=O. The van der Waals surface area contributed by atoms with Gasteiger partial charge in [0.15, 0.2) is 12.1 Å². The number of methoxy groups -OCH3 is 1. The lowest BCUT2D eigenvalue weighted by Gasteiger charge is -2.24. The summed E-state index contributed by atoms with van der Waals surface area (Å²) >= 11 is 3.21. The van der Waals surface area contributed by atoms with Crippen molar-refractivity contribution in [3.63, 3.8) is 0 Å². The molecule has 174 valence electrons. The van der Waals surface area contributed by atoms with Crippen LogP contribution in [0.25, 0.3) is 0 Å². The van der Waals surface area contributed by atoms with Crippen LogP contribution in [0.15, 0.2) is 49.7 Å². The summed E-state index contributed by atoms with van der Waals surface area (Å²) in [5.74, 6) is -1.24. The number of rotatable bonds is 9. The summed E-state index contributed by atoms with van der Waals surface area (Å²) in [6.45, 7) is 2.97. The van der Waals surface area contributed by atoms with Crippen molar-refractivity contribution in [3.05, 3.63) is 50.9 Å². The second-order valence-electron chi connectivity index (χ2n) is 6.64. The van der Waals surface area contributed by atoms with E-state index in [2.05, 4.69) is 25.8 Å². The fourth-order valence-electron chi connectivity index (χ4n) is 2.90. The predicted octanol–water partition coefficient (Wildman–Crippen LogP) is 0.349. The zero-order valence-electron chi connectivity index (χ0n) is 17.4. The zero-order valence-corrected chi connectivity index (χ0v) is 19.8. The van der Waals surface area contributed by atoms with Crippen molar-refractivity contribution in [2.24, 2.45) is 22.4 Å². The van der Waals surface area contributed by atoms with Crippen molar-refractivity contribution in [2.45, 2.75) is 30.9 Å². The number of guanidine groups is 1. The summed E-state index contributed by atoms with van der Waals surface area (Å²) in [7, 11) is -2.92. The number of nitrogens with one attached hydrogen (secondary N) is 1. The van der Waals surface area contributed by atoms with Crippen LogP contribution in [0.4, 0.5) is 5.69 Å². The number of primary amides is 1. The van der Waals surface area contributed by atoms with Crippen LogP contribution >= 0.6 is 15.9 Å². The number of benzene rings is 1. The van der Waals surface area contributed by atoms with Crippen molar-refractivity contribution in [3.8, 4) is 5.75 Å². The molecular formula is C18H23BrN6O6S. The highest BCUT2D eigenvalue weighted by molar-refractivity contribution is 9.10. The van der Waals surface area contributed by atoms with Gasteiger partial charge in [0.2, 0.25) is 11.9 Å². The van der Waals surface area contributed by atoms with Gasteiger partial charge in [0.05, 0.1) is 7.11 Å². The summed E-state index contributed by atoms with van der Waals surface area (Å²) < 4.78 is 34.8. The van der Waals surface area contributed by atoms with Gasteiger partial charge in [-0.25, -0.2) is 8.42 Å². The number of aryl methyl sites for hydroxylation is 1. The largest absolute Gasteiger partial charge is 0.495 e. The Morgan fingerprint density at radius 3 is 2.44 bits per heavy atom. The molecule has 1 amide bonds. The molecule has 2 unspecified atom stereocenters. The first kappa shape index (κ1) is 25.0. The molecule has 0 aliphatic rings. The molecule has 0 fully saturated rings. The number of anilines is 1. The molecule has 1 aromatic heterocycles. The lowest BCUT2D eigenvalue weighted by atomic mass is 10.1. The van der Waals surface area contributed by atoms with Gasteiger partial charge < -0.3 is 26.8 Å². The maximum atomic E-state index is 13.2. The zero-order chi connectivity index (χ0) is 24.2. The Bertz CT molecular complexity index is 1210. The average molecular weight is 531 g/mol. The van der Waals surface area contributed by atoms with Gasteiger partial charge in [-0.1, -0.05) is 15.9 Å². The average Bonchev–Trinajstić information content (AvgIpc) is 2.71. The van der Waals surface area contributed by atoms with E-state index in [9.17, 15) is 18.0 Å². The number of nitrogens with two attached hydrogens (primary N) is 3. The van der Waals surface area contributed by atoms with Crippen molar-refractivity contribution >= 4 is 43.5 Å². The molecule has 0 saturated carbocycles. The number of amides is 1. The number of ether oxygens (including phenoxy) is 1. The van der Waals surface area contributed by atoms with E-state index in [1.165, 1.54) is 38.3 Å². The molecule has 0 saturated heterocycles. The van der Waals surface area contributed by atoms with Crippen LogP contribution in [-0.4, -0.2) is 38.1 Å². The molecule has 1 heterocycles. The van der Waals surface area contributed by atoms with Crippen molar-refractivity contribution in [1.82, 2.24) is 4.57 Å². The summed E-state index contributed by atoms with van der Waals surface area (Å²) in [4.78, 5) is 30.2. The minimum absolute atomic E-state index is 0.0717. The molecule has 12 nitrogen and oxygen atoms in total. The van der Waals surface area contributed by atoms with Crippen LogP contribution in [0.5, 0.6) is 5.75 Å². The van der Waals surface area contributed by atoms with Gasteiger partial charge in [0.25, 0.3) is 15.6 Å². The molecule has 1 aromatic carbocycles. The van der Waals surface area contributed by atoms with Crippen LogP contribution in [-0.2, 0) is 19.7 Å². The first-order valence-electron chi connectivity index (χ1n) is 9.01. The third kappa shape index (κ3) is 5.50. The molecule has 0 bridgehead atoms. The van der Waals surface area contributed by atoms with Crippen molar-refractivity contribution < 1.29 is 22.8 Å². The molecule has 2 atom stereocenters. The monoisotopic (exact) mass is 530 g/mol. The summed E-state index contributed by atoms with van der Waals surface area (Å²) in [6.07, 6.45) is -1.05. The van der Waals surface area contributed by atoms with E-state index in [1.54, 1.807) is 13.0 Å². The lowest BCUT2D eigenvalue weighted by Crippen LogP contribution is -2.42. The number of hydrogen-bond acceptors (Lipinski definition) is 7. The molecule has 0 spiro atoms. The van der Waals surface area contributed by atoms with Crippen LogP contribution in [0.3, 0.4) is 0 Å². The second kappa shape index (κ2) is 9.91. The molecule has 0 aliphatic heterocycles. The number of sulfonamides is 1. The first-order chi connectivity index (χ1) is 14.9. The second-order valence-corrected chi connectivity index (χ2v) is 9.20. The van der Waals surface area contributed by atoms with Crippen molar-refractivity contribution in [1.29, 1.82) is 0 Å². The quantitative estimate of drug-likeness (QED) is 0.202. The van der Waals surface area contributed by atoms with Gasteiger partial charge in [-0.2, -0.15) is 0 Å². The lowest BCUT2D eigenvalue weighted by molar-refractivity contribution is -0.125. The van der Waals surface area contributed by atoms with E-state index in [1.807, 2.05) is 0 Å². The van der Waals surface area contributed by atoms with Gasteiger partial charge in [0.1, 0.15) is 16.3 Å². The van der Waals surface area contributed by atoms with E-state index < -0.39 is 39.6 Å². The smallest absolute Gasteiger partial charge is 0.275 e. The number of halogens is 1. The van der Waals surface area contributed by atoms with E-state index in [-0.39, 0.29) is 16.3 Å². The first-order valence-corrected chi connectivity index (χ1v) is 11.3. The topological polar surface area (TPSA) is 194 Å². The van der Waals surface area contributed by atoms with E-state index in [0.29, 0.717) is 10.2 Å². The fraction of sp³-hybridized carbons (Fsp3) is 0.278. The van der Waals surface area contributed by atoms with Gasteiger partial charge in [-0.05, 0) is 49.3 Å². The van der Waals surface area contributed by atoms with Crippen LogP contribution < -0.4 is 32.2 Å². The Kier molecular flexibility index (Phi) is 7.74. The van der Waals surface area contributed by atoms with Crippen LogP contribution in [0.1, 0.15) is 18.7 Å². The maximum absolute atomic E-state index is 13.2. The van der Waals surface area contributed by atoms with Gasteiger partial charge >= 0.3 is 0 Å². The molecule has 2 rings (SSSR count). The van der Waals surface area contributed by atoms with Gasteiger partial charge in [-0.15, -0.1) is 0 Å².